The fourth-order valence-corrected chi connectivity index (χ4v) is 2.29. The number of carboxylic acids is 1. The number of halogens is 1. The van der Waals surface area contributed by atoms with Gasteiger partial charge >= 0.3 is 5.97 Å². The molecule has 1 saturated heterocycles. The molecule has 6 nitrogen and oxygen atoms in total. The molecule has 1 N–H and O–H groups in total. The molecule has 2 aromatic carbocycles. The largest absolute Gasteiger partial charge is 0.478 e. The molecular formula is C15H12ClNO5. The van der Waals surface area contributed by atoms with Gasteiger partial charge in [-0.1, -0.05) is 40.5 Å². The lowest BCUT2D eigenvalue weighted by Gasteiger charge is -2.13. The van der Waals surface area contributed by atoms with Crippen molar-refractivity contribution in [2.24, 2.45) is 0 Å². The van der Waals surface area contributed by atoms with Gasteiger partial charge in [0.05, 0.1) is 11.3 Å². The van der Waals surface area contributed by atoms with E-state index >= 15 is 0 Å². The zero-order chi connectivity index (χ0) is 15.5. The van der Waals surface area contributed by atoms with Gasteiger partial charge < -0.3 is 5.11 Å². The Morgan fingerprint density at radius 3 is 2.82 bits per heavy atom. The summed E-state index contributed by atoms with van der Waals surface area (Å²) in [5, 5.41) is 10.0. The topological polar surface area (TPSA) is 68.2 Å². The van der Waals surface area contributed by atoms with Crippen LogP contribution in [0.2, 0.25) is 0 Å². The van der Waals surface area contributed by atoms with Crippen molar-refractivity contribution in [3.63, 3.8) is 0 Å². The van der Waals surface area contributed by atoms with E-state index in [9.17, 15) is 4.79 Å². The number of alkyl halides is 1. The Morgan fingerprint density at radius 2 is 2.05 bits per heavy atom. The molecule has 1 aliphatic heterocycles. The van der Waals surface area contributed by atoms with Gasteiger partial charge in [-0.15, -0.1) is 11.6 Å². The Morgan fingerprint density at radius 1 is 1.23 bits per heavy atom. The van der Waals surface area contributed by atoms with Crippen molar-refractivity contribution >= 4 is 23.3 Å². The van der Waals surface area contributed by atoms with Crippen molar-refractivity contribution in [3.8, 4) is 0 Å². The summed E-state index contributed by atoms with van der Waals surface area (Å²) in [7, 11) is 0. The third kappa shape index (κ3) is 2.90. The van der Waals surface area contributed by atoms with Gasteiger partial charge in [0, 0.05) is 11.4 Å². The Bertz CT molecular complexity index is 693. The predicted octanol–water partition coefficient (Wildman–Crippen LogP) is 3.44. The summed E-state index contributed by atoms with van der Waals surface area (Å²) in [6.07, 6.45) is -0.775. The zero-order valence-electron chi connectivity index (χ0n) is 11.3. The van der Waals surface area contributed by atoms with E-state index in [2.05, 4.69) is 0 Å². The van der Waals surface area contributed by atoms with Crippen LogP contribution in [-0.4, -0.2) is 11.1 Å². The Labute approximate surface area is 131 Å². The fraction of sp³-hybridized carbons (Fsp3) is 0.133. The number of carboxylic acid groups (broad SMARTS) is 1. The van der Waals surface area contributed by atoms with Crippen LogP contribution < -0.4 is 5.23 Å². The van der Waals surface area contributed by atoms with Gasteiger partial charge in [0.2, 0.25) is 6.29 Å². The van der Waals surface area contributed by atoms with E-state index in [1.807, 2.05) is 24.3 Å². The van der Waals surface area contributed by atoms with E-state index in [0.29, 0.717) is 11.6 Å². The first-order valence-corrected chi connectivity index (χ1v) is 7.00. The lowest BCUT2D eigenvalue weighted by atomic mass is 10.1. The maximum Gasteiger partial charge on any atom is 0.335 e. The van der Waals surface area contributed by atoms with E-state index in [-0.39, 0.29) is 5.56 Å². The molecule has 7 heteroatoms. The standard InChI is InChI=1S/C15H12ClNO5/c16-9-11-4-1-2-7-13(11)15-20-17(22-21-15)12-6-3-5-10(8-12)14(18)19/h1-8,15H,9H2,(H,18,19). The summed E-state index contributed by atoms with van der Waals surface area (Å²) in [6, 6.07) is 13.5. The Balaban J connectivity index is 1.80. The maximum atomic E-state index is 11.0. The van der Waals surface area contributed by atoms with E-state index in [1.54, 1.807) is 12.1 Å². The van der Waals surface area contributed by atoms with E-state index in [0.717, 1.165) is 16.4 Å². The minimum absolute atomic E-state index is 0.120. The molecule has 0 spiro atoms. The van der Waals surface area contributed by atoms with Crippen molar-refractivity contribution in [1.82, 2.24) is 0 Å². The van der Waals surface area contributed by atoms with Crippen molar-refractivity contribution in [2.75, 3.05) is 5.23 Å². The van der Waals surface area contributed by atoms with Crippen molar-refractivity contribution in [1.29, 1.82) is 0 Å². The molecule has 1 atom stereocenters. The summed E-state index contributed by atoms with van der Waals surface area (Å²) in [5.41, 5.74) is 2.13. The molecule has 0 saturated carbocycles. The first kappa shape index (κ1) is 14.8. The average molecular weight is 322 g/mol. The summed E-state index contributed by atoms with van der Waals surface area (Å²) in [4.78, 5) is 26.7. The molecule has 0 radical (unpaired) electrons. The number of nitrogens with zero attached hydrogens (tertiary/aromatic N) is 1. The second-order valence-electron chi connectivity index (χ2n) is 4.55. The molecule has 0 aliphatic carbocycles. The number of benzene rings is 2. The van der Waals surface area contributed by atoms with Crippen LogP contribution in [0.3, 0.4) is 0 Å². The average Bonchev–Trinajstić information content (AvgIpc) is 3.04. The summed E-state index contributed by atoms with van der Waals surface area (Å²) < 4.78 is 0. The molecule has 0 bridgehead atoms. The van der Waals surface area contributed by atoms with Crippen LogP contribution in [0.1, 0.15) is 27.8 Å². The highest BCUT2D eigenvalue weighted by molar-refractivity contribution is 6.17. The number of rotatable bonds is 4. The number of carbonyl (C=O) groups is 1. The smallest absolute Gasteiger partial charge is 0.335 e. The highest BCUT2D eigenvalue weighted by atomic mass is 35.5. The van der Waals surface area contributed by atoms with Crippen LogP contribution in [0.25, 0.3) is 0 Å². The van der Waals surface area contributed by atoms with Gasteiger partial charge in [-0.05, 0) is 23.8 Å². The molecule has 1 aliphatic rings. The van der Waals surface area contributed by atoms with E-state index in [4.69, 9.17) is 31.4 Å². The Kier molecular flexibility index (Phi) is 4.26. The Hall–Kier alpha value is -2.12. The number of hydrogen-bond donors (Lipinski definition) is 1. The second kappa shape index (κ2) is 6.33. The zero-order valence-corrected chi connectivity index (χ0v) is 12.1. The highest BCUT2D eigenvalue weighted by Crippen LogP contribution is 2.33. The van der Waals surface area contributed by atoms with Crippen LogP contribution in [0.4, 0.5) is 5.69 Å². The van der Waals surface area contributed by atoms with Gasteiger partial charge in [0.15, 0.2) is 0 Å². The number of hydrogen-bond acceptors (Lipinski definition) is 5. The molecule has 1 fully saturated rings. The number of aromatic carboxylic acids is 1. The molecule has 1 heterocycles. The van der Waals surface area contributed by atoms with Gasteiger partial charge in [-0.2, -0.15) is 4.89 Å². The lowest BCUT2D eigenvalue weighted by molar-refractivity contribution is -0.286. The summed E-state index contributed by atoms with van der Waals surface area (Å²) >= 11 is 5.89. The normalized spacial score (nSPS) is 17.7. The molecule has 114 valence electrons. The third-order valence-corrected chi connectivity index (χ3v) is 3.43. The van der Waals surface area contributed by atoms with Gasteiger partial charge in [-0.25, -0.2) is 9.63 Å². The molecule has 1 unspecified atom stereocenters. The van der Waals surface area contributed by atoms with Crippen LogP contribution in [-0.2, 0) is 20.6 Å². The maximum absolute atomic E-state index is 11.0. The van der Waals surface area contributed by atoms with Crippen LogP contribution >= 0.6 is 11.6 Å². The van der Waals surface area contributed by atoms with Gasteiger partial charge in [0.1, 0.15) is 0 Å². The SMILES string of the molecule is O=C(O)c1cccc(N2OOC(c3ccccc3CCl)O2)c1. The van der Waals surface area contributed by atoms with Crippen molar-refractivity contribution in [3.05, 3.63) is 65.2 Å². The minimum atomic E-state index is -1.04. The molecule has 3 rings (SSSR count). The first-order chi connectivity index (χ1) is 10.7. The third-order valence-electron chi connectivity index (χ3n) is 3.15. The van der Waals surface area contributed by atoms with Crippen LogP contribution in [0.5, 0.6) is 0 Å². The molecular weight excluding hydrogens is 310 g/mol. The van der Waals surface area contributed by atoms with Gasteiger partial charge in [-0.3, -0.25) is 0 Å². The predicted molar refractivity (Wildman–Crippen MR) is 77.9 cm³/mol. The second-order valence-corrected chi connectivity index (χ2v) is 4.82. The van der Waals surface area contributed by atoms with E-state index < -0.39 is 12.3 Å². The van der Waals surface area contributed by atoms with Crippen molar-refractivity contribution in [2.45, 2.75) is 12.2 Å². The van der Waals surface area contributed by atoms with Gasteiger partial charge in [0.25, 0.3) is 0 Å². The highest BCUT2D eigenvalue weighted by Gasteiger charge is 2.30. The molecule has 22 heavy (non-hydrogen) atoms. The molecule has 0 aromatic heterocycles. The van der Waals surface area contributed by atoms with E-state index in [1.165, 1.54) is 12.1 Å². The lowest BCUT2D eigenvalue weighted by Crippen LogP contribution is -2.15. The van der Waals surface area contributed by atoms with Crippen LogP contribution in [0.15, 0.2) is 48.5 Å². The molecule has 0 amide bonds. The van der Waals surface area contributed by atoms with Crippen LogP contribution in [0, 0.1) is 0 Å². The minimum Gasteiger partial charge on any atom is -0.478 e. The molecule has 2 aromatic rings. The monoisotopic (exact) mass is 321 g/mol. The first-order valence-electron chi connectivity index (χ1n) is 6.46. The van der Waals surface area contributed by atoms with Crippen molar-refractivity contribution < 1.29 is 24.6 Å². The number of anilines is 1. The quantitative estimate of drug-likeness (QED) is 0.687. The summed E-state index contributed by atoms with van der Waals surface area (Å²) in [6.45, 7) is 0. The fourth-order valence-electron chi connectivity index (χ4n) is 2.05. The summed E-state index contributed by atoms with van der Waals surface area (Å²) in [5.74, 6) is -0.723.